The number of nitrogens with zero attached hydrogens (tertiary/aromatic N) is 1. The largest absolute Gasteiger partial charge is 0.377 e. The predicted octanol–water partition coefficient (Wildman–Crippen LogP) is 1.66. The first-order valence-electron chi connectivity index (χ1n) is 7.58. The van der Waals surface area contributed by atoms with E-state index in [4.69, 9.17) is 0 Å². The van der Waals surface area contributed by atoms with Gasteiger partial charge in [0.05, 0.1) is 6.26 Å². The van der Waals surface area contributed by atoms with Crippen molar-refractivity contribution in [1.82, 2.24) is 4.31 Å². The van der Waals surface area contributed by atoms with E-state index in [9.17, 15) is 13.5 Å². The van der Waals surface area contributed by atoms with E-state index in [0.29, 0.717) is 12.8 Å². The van der Waals surface area contributed by atoms with Crippen LogP contribution in [0.25, 0.3) is 0 Å². The Labute approximate surface area is 132 Å². The van der Waals surface area contributed by atoms with Gasteiger partial charge in [0.2, 0.25) is 10.0 Å². The first-order valence-corrected chi connectivity index (χ1v) is 9.42. The lowest BCUT2D eigenvalue weighted by Gasteiger charge is -2.39. The molecule has 2 atom stereocenters. The Morgan fingerprint density at radius 1 is 1.27 bits per heavy atom. The quantitative estimate of drug-likeness (QED) is 0.801. The average Bonchev–Trinajstić information content (AvgIpc) is 2.71. The first-order chi connectivity index (χ1) is 10.3. The molecular formula is C17H21NO3S. The summed E-state index contributed by atoms with van der Waals surface area (Å²) in [6, 6.07) is 7.61. The smallest absolute Gasteiger partial charge is 0.211 e. The van der Waals surface area contributed by atoms with E-state index >= 15 is 0 Å². The summed E-state index contributed by atoms with van der Waals surface area (Å²) in [7, 11) is -3.21. The van der Waals surface area contributed by atoms with Crippen LogP contribution in [0, 0.1) is 18.8 Å². The van der Waals surface area contributed by atoms with Gasteiger partial charge in [0, 0.05) is 30.5 Å². The molecule has 4 nitrogen and oxygen atoms in total. The van der Waals surface area contributed by atoms with E-state index in [1.54, 1.807) is 4.31 Å². The highest BCUT2D eigenvalue weighted by Crippen LogP contribution is 2.41. The van der Waals surface area contributed by atoms with Gasteiger partial charge < -0.3 is 5.11 Å². The molecule has 2 bridgehead atoms. The third-order valence-electron chi connectivity index (χ3n) is 4.54. The molecule has 0 aromatic heterocycles. The number of benzene rings is 1. The van der Waals surface area contributed by atoms with E-state index in [2.05, 4.69) is 11.8 Å². The minimum atomic E-state index is -3.21. The number of aliphatic hydroxyl groups is 1. The summed E-state index contributed by atoms with van der Waals surface area (Å²) in [5.41, 5.74) is 0.925. The lowest BCUT2D eigenvalue weighted by molar-refractivity contribution is 0.0199. The van der Waals surface area contributed by atoms with Gasteiger partial charge in [-0.05, 0) is 37.5 Å². The molecule has 22 heavy (non-hydrogen) atoms. The normalized spacial score (nSPS) is 31.6. The number of piperidine rings is 1. The van der Waals surface area contributed by atoms with E-state index in [1.165, 1.54) is 6.26 Å². The van der Waals surface area contributed by atoms with Gasteiger partial charge in [0.1, 0.15) is 5.60 Å². The number of hydrogen-bond acceptors (Lipinski definition) is 3. The summed E-state index contributed by atoms with van der Waals surface area (Å²) in [6.45, 7) is 2.00. The second-order valence-electron chi connectivity index (χ2n) is 6.54. The van der Waals surface area contributed by atoms with E-state index in [0.717, 1.165) is 24.0 Å². The monoisotopic (exact) mass is 319 g/mol. The third kappa shape index (κ3) is 3.05. The molecule has 0 radical (unpaired) electrons. The Balaban J connectivity index is 1.83. The Bertz CT molecular complexity index is 731. The van der Waals surface area contributed by atoms with Gasteiger partial charge in [-0.1, -0.05) is 24.0 Å². The van der Waals surface area contributed by atoms with Crippen molar-refractivity contribution in [3.05, 3.63) is 35.4 Å². The molecule has 1 aromatic rings. The molecule has 1 N–H and O–H groups in total. The topological polar surface area (TPSA) is 57.6 Å². The van der Waals surface area contributed by atoms with Gasteiger partial charge in [0.15, 0.2) is 0 Å². The van der Waals surface area contributed by atoms with Crippen LogP contribution in [0.3, 0.4) is 0 Å². The summed E-state index contributed by atoms with van der Waals surface area (Å²) >= 11 is 0. The Kier molecular flexibility index (Phi) is 3.80. The van der Waals surface area contributed by atoms with E-state index in [-0.39, 0.29) is 12.1 Å². The van der Waals surface area contributed by atoms with Crippen LogP contribution in [-0.4, -0.2) is 41.8 Å². The van der Waals surface area contributed by atoms with Gasteiger partial charge >= 0.3 is 0 Å². The molecule has 0 spiro atoms. The molecule has 1 aromatic carbocycles. The van der Waals surface area contributed by atoms with Crippen LogP contribution < -0.4 is 0 Å². The van der Waals surface area contributed by atoms with Crippen LogP contribution in [0.2, 0.25) is 0 Å². The molecule has 5 heteroatoms. The first kappa shape index (κ1) is 15.5. The zero-order valence-electron chi connectivity index (χ0n) is 12.9. The lowest BCUT2D eigenvalue weighted by Crippen LogP contribution is -2.52. The Hall–Kier alpha value is -1.35. The highest BCUT2D eigenvalue weighted by molar-refractivity contribution is 7.88. The third-order valence-corrected chi connectivity index (χ3v) is 5.90. The zero-order chi connectivity index (χ0) is 16.0. The predicted molar refractivity (Wildman–Crippen MR) is 85.7 cm³/mol. The fraction of sp³-hybridized carbons (Fsp3) is 0.529. The number of hydrogen-bond donors (Lipinski definition) is 1. The van der Waals surface area contributed by atoms with Crippen LogP contribution >= 0.6 is 0 Å². The van der Waals surface area contributed by atoms with Crippen molar-refractivity contribution < 1.29 is 13.5 Å². The standard InChI is InChI=1S/C17H21NO3S/c1-13-4-3-5-14(10-13)8-9-17(19)11-15-6-7-16(12-17)18(15)22(2,20)21/h3-5,10,15-16,19H,6-7,11-12H2,1-2H3. The maximum atomic E-state index is 11.9. The van der Waals surface area contributed by atoms with Crippen molar-refractivity contribution in [2.45, 2.75) is 50.3 Å². The van der Waals surface area contributed by atoms with Crippen molar-refractivity contribution >= 4 is 10.0 Å². The molecule has 2 aliphatic heterocycles. The van der Waals surface area contributed by atoms with Crippen LogP contribution in [-0.2, 0) is 10.0 Å². The second kappa shape index (κ2) is 5.38. The zero-order valence-corrected chi connectivity index (χ0v) is 13.7. The number of rotatable bonds is 1. The molecule has 2 aliphatic rings. The molecule has 0 amide bonds. The number of sulfonamides is 1. The Morgan fingerprint density at radius 3 is 2.45 bits per heavy atom. The van der Waals surface area contributed by atoms with Crippen molar-refractivity contribution in [2.75, 3.05) is 6.26 Å². The lowest BCUT2D eigenvalue weighted by atomic mass is 9.88. The number of aryl methyl sites for hydroxylation is 1. The van der Waals surface area contributed by atoms with E-state index < -0.39 is 15.6 Å². The maximum absolute atomic E-state index is 11.9. The molecule has 118 valence electrons. The summed E-state index contributed by atoms with van der Waals surface area (Å²) in [6.07, 6.45) is 3.67. The molecule has 0 aliphatic carbocycles. The molecular weight excluding hydrogens is 298 g/mol. The van der Waals surface area contributed by atoms with Gasteiger partial charge in [-0.25, -0.2) is 8.42 Å². The van der Waals surface area contributed by atoms with Crippen molar-refractivity contribution in [2.24, 2.45) is 0 Å². The second-order valence-corrected chi connectivity index (χ2v) is 8.42. The summed E-state index contributed by atoms with van der Waals surface area (Å²) < 4.78 is 25.3. The highest BCUT2D eigenvalue weighted by atomic mass is 32.2. The van der Waals surface area contributed by atoms with Crippen molar-refractivity contribution in [3.63, 3.8) is 0 Å². The van der Waals surface area contributed by atoms with Crippen LogP contribution in [0.1, 0.15) is 36.8 Å². The fourth-order valence-electron chi connectivity index (χ4n) is 3.74. The molecule has 3 rings (SSSR count). The summed E-state index contributed by atoms with van der Waals surface area (Å²) in [5.74, 6) is 6.05. The van der Waals surface area contributed by atoms with E-state index in [1.807, 2.05) is 31.2 Å². The maximum Gasteiger partial charge on any atom is 0.211 e. The Morgan fingerprint density at radius 2 is 1.91 bits per heavy atom. The van der Waals surface area contributed by atoms with Crippen molar-refractivity contribution in [3.8, 4) is 11.8 Å². The van der Waals surface area contributed by atoms with Gasteiger partial charge in [0.25, 0.3) is 0 Å². The molecule has 2 fully saturated rings. The molecule has 2 heterocycles. The van der Waals surface area contributed by atoms with Crippen LogP contribution in [0.4, 0.5) is 0 Å². The highest BCUT2D eigenvalue weighted by Gasteiger charge is 2.50. The van der Waals surface area contributed by atoms with Gasteiger partial charge in [-0.2, -0.15) is 4.31 Å². The van der Waals surface area contributed by atoms with Gasteiger partial charge in [-0.3, -0.25) is 0 Å². The minimum absolute atomic E-state index is 0.120. The fourth-order valence-corrected chi connectivity index (χ4v) is 5.18. The molecule has 2 unspecified atom stereocenters. The summed E-state index contributed by atoms with van der Waals surface area (Å²) in [5, 5.41) is 10.8. The minimum Gasteiger partial charge on any atom is -0.377 e. The van der Waals surface area contributed by atoms with Gasteiger partial charge in [-0.15, -0.1) is 0 Å². The SMILES string of the molecule is Cc1cccc(C#CC2(O)CC3CCC(C2)N3S(C)(=O)=O)c1. The van der Waals surface area contributed by atoms with Crippen LogP contribution in [0.15, 0.2) is 24.3 Å². The molecule has 2 saturated heterocycles. The van der Waals surface area contributed by atoms with Crippen molar-refractivity contribution in [1.29, 1.82) is 0 Å². The molecule has 0 saturated carbocycles. The summed E-state index contributed by atoms with van der Waals surface area (Å²) in [4.78, 5) is 0. The number of fused-ring (bicyclic) bond motifs is 2. The average molecular weight is 319 g/mol. The van der Waals surface area contributed by atoms with Crippen LogP contribution in [0.5, 0.6) is 0 Å².